The van der Waals surface area contributed by atoms with Crippen molar-refractivity contribution in [3.05, 3.63) is 46.3 Å². The van der Waals surface area contributed by atoms with Gasteiger partial charge in [0.15, 0.2) is 11.8 Å². The topological polar surface area (TPSA) is 58.3 Å². The van der Waals surface area contributed by atoms with Crippen molar-refractivity contribution in [3.8, 4) is 0 Å². The highest BCUT2D eigenvalue weighted by atomic mass is 35.5. The van der Waals surface area contributed by atoms with Crippen LogP contribution >= 0.6 is 11.6 Å². The zero-order chi connectivity index (χ0) is 17.1. The molecular weight excluding hydrogens is 331 g/mol. The Morgan fingerprint density at radius 1 is 1.46 bits per heavy atom. The minimum Gasteiger partial charge on any atom is -0.349 e. The zero-order valence-electron chi connectivity index (χ0n) is 13.8. The summed E-state index contributed by atoms with van der Waals surface area (Å²) < 4.78 is 16.1. The van der Waals surface area contributed by atoms with Crippen molar-refractivity contribution in [2.45, 2.75) is 32.5 Å². The molecule has 1 N–H and O–H groups in total. The van der Waals surface area contributed by atoms with E-state index >= 15 is 0 Å². The van der Waals surface area contributed by atoms with Gasteiger partial charge in [0.2, 0.25) is 0 Å². The minimum atomic E-state index is -0.319. The maximum absolute atomic E-state index is 13.9. The normalized spacial score (nSPS) is 13.9. The summed E-state index contributed by atoms with van der Waals surface area (Å²) in [5.41, 5.74) is 0.452. The van der Waals surface area contributed by atoms with Crippen LogP contribution in [-0.4, -0.2) is 39.7 Å². The predicted molar refractivity (Wildman–Crippen MR) is 91.4 cm³/mol. The number of nitrogens with one attached hydrogen (secondary N) is 1. The zero-order valence-corrected chi connectivity index (χ0v) is 14.5. The lowest BCUT2D eigenvalue weighted by molar-refractivity contribution is 0.458. The molecule has 0 aliphatic carbocycles. The van der Waals surface area contributed by atoms with Crippen molar-refractivity contribution in [3.63, 3.8) is 0 Å². The third kappa shape index (κ3) is 3.36. The molecule has 6 nitrogen and oxygen atoms in total. The summed E-state index contributed by atoms with van der Waals surface area (Å²) in [6.07, 6.45) is 2.09. The van der Waals surface area contributed by atoms with E-state index < -0.39 is 0 Å². The Labute approximate surface area is 145 Å². The van der Waals surface area contributed by atoms with Crippen LogP contribution in [0.5, 0.6) is 0 Å². The van der Waals surface area contributed by atoms with Crippen molar-refractivity contribution in [1.29, 1.82) is 0 Å². The number of benzene rings is 1. The van der Waals surface area contributed by atoms with E-state index in [0.29, 0.717) is 29.6 Å². The van der Waals surface area contributed by atoms with Crippen LogP contribution in [0.1, 0.15) is 23.6 Å². The van der Waals surface area contributed by atoms with Crippen molar-refractivity contribution in [2.75, 3.05) is 14.1 Å². The molecule has 0 bridgehead atoms. The summed E-state index contributed by atoms with van der Waals surface area (Å²) in [7, 11) is 3.53. The van der Waals surface area contributed by atoms with Gasteiger partial charge in [-0.1, -0.05) is 17.7 Å². The quantitative estimate of drug-likeness (QED) is 0.678. The molecule has 0 unspecified atom stereocenters. The lowest BCUT2D eigenvalue weighted by Gasteiger charge is -2.22. The number of nitrogens with zero attached hydrogens (tertiary/aromatic N) is 5. The van der Waals surface area contributed by atoms with Crippen LogP contribution in [0, 0.1) is 5.82 Å². The van der Waals surface area contributed by atoms with Crippen LogP contribution in [0.4, 0.5) is 4.39 Å². The van der Waals surface area contributed by atoms with E-state index in [-0.39, 0.29) is 5.82 Å². The van der Waals surface area contributed by atoms with Gasteiger partial charge in [-0.3, -0.25) is 4.99 Å². The second-order valence-corrected chi connectivity index (χ2v) is 6.15. The van der Waals surface area contributed by atoms with E-state index in [9.17, 15) is 4.39 Å². The number of aliphatic imine (C=N–C) groups is 1. The number of rotatable bonds is 4. The SMILES string of the molecule is CN=C(NCc1nnc2n1CCC2)N(C)Cc1c(F)cccc1Cl. The molecule has 1 aliphatic rings. The molecule has 0 fully saturated rings. The maximum Gasteiger partial charge on any atom is 0.194 e. The van der Waals surface area contributed by atoms with Crippen molar-refractivity contribution >= 4 is 17.6 Å². The first-order valence-corrected chi connectivity index (χ1v) is 8.23. The summed E-state index contributed by atoms with van der Waals surface area (Å²) in [4.78, 5) is 6.07. The predicted octanol–water partition coefficient (Wildman–Crippen LogP) is 2.22. The van der Waals surface area contributed by atoms with Crippen LogP contribution in [0.3, 0.4) is 0 Å². The molecule has 1 aromatic carbocycles. The van der Waals surface area contributed by atoms with Gasteiger partial charge in [-0.25, -0.2) is 4.39 Å². The second-order valence-electron chi connectivity index (χ2n) is 5.74. The lowest BCUT2D eigenvalue weighted by atomic mass is 10.2. The molecular formula is C16H20ClFN6. The molecule has 128 valence electrons. The molecule has 0 spiro atoms. The number of halogens is 2. The Balaban J connectivity index is 1.65. The van der Waals surface area contributed by atoms with Crippen molar-refractivity contribution in [2.24, 2.45) is 4.99 Å². The number of hydrogen-bond donors (Lipinski definition) is 1. The smallest absolute Gasteiger partial charge is 0.194 e. The van der Waals surface area contributed by atoms with Gasteiger partial charge in [0.05, 0.1) is 6.54 Å². The van der Waals surface area contributed by atoms with Gasteiger partial charge in [-0.05, 0) is 18.6 Å². The molecule has 8 heteroatoms. The van der Waals surface area contributed by atoms with Crippen molar-refractivity contribution in [1.82, 2.24) is 25.0 Å². The molecule has 1 aromatic heterocycles. The Hall–Kier alpha value is -2.15. The van der Waals surface area contributed by atoms with E-state index in [1.54, 1.807) is 19.2 Å². The van der Waals surface area contributed by atoms with E-state index in [1.165, 1.54) is 6.07 Å². The van der Waals surface area contributed by atoms with E-state index in [4.69, 9.17) is 11.6 Å². The van der Waals surface area contributed by atoms with Gasteiger partial charge in [-0.15, -0.1) is 10.2 Å². The summed E-state index contributed by atoms with van der Waals surface area (Å²) in [5, 5.41) is 12.1. The number of aryl methyl sites for hydroxylation is 1. The number of hydrogen-bond acceptors (Lipinski definition) is 3. The second kappa shape index (κ2) is 7.17. The van der Waals surface area contributed by atoms with Gasteiger partial charge in [0.25, 0.3) is 0 Å². The Kier molecular flexibility index (Phi) is 4.99. The van der Waals surface area contributed by atoms with E-state index in [1.807, 2.05) is 11.9 Å². The van der Waals surface area contributed by atoms with Crippen LogP contribution in [0.2, 0.25) is 5.02 Å². The molecule has 2 heterocycles. The van der Waals surface area contributed by atoms with E-state index in [2.05, 4.69) is 25.1 Å². The Morgan fingerprint density at radius 3 is 3.04 bits per heavy atom. The van der Waals surface area contributed by atoms with Gasteiger partial charge in [-0.2, -0.15) is 0 Å². The summed E-state index contributed by atoms with van der Waals surface area (Å²) >= 11 is 6.10. The average molecular weight is 351 g/mol. The molecule has 24 heavy (non-hydrogen) atoms. The highest BCUT2D eigenvalue weighted by molar-refractivity contribution is 6.31. The van der Waals surface area contributed by atoms with Gasteiger partial charge < -0.3 is 14.8 Å². The monoisotopic (exact) mass is 350 g/mol. The van der Waals surface area contributed by atoms with Crippen LogP contribution in [-0.2, 0) is 26.1 Å². The standard InChI is InChI=1S/C16H20ClFN6/c1-19-16(20-9-15-22-21-14-7-4-8-24(14)15)23(2)10-11-12(17)5-3-6-13(11)18/h3,5-6H,4,7-10H2,1-2H3,(H,19,20). The average Bonchev–Trinajstić information content (AvgIpc) is 3.16. The first kappa shape index (κ1) is 16.7. The number of aromatic nitrogens is 3. The lowest BCUT2D eigenvalue weighted by Crippen LogP contribution is -2.38. The van der Waals surface area contributed by atoms with Crippen LogP contribution in [0.15, 0.2) is 23.2 Å². The molecule has 0 atom stereocenters. The molecule has 0 saturated heterocycles. The summed E-state index contributed by atoms with van der Waals surface area (Å²) in [5.74, 6) is 2.25. The van der Waals surface area contributed by atoms with E-state index in [0.717, 1.165) is 31.0 Å². The molecule has 0 amide bonds. The summed E-state index contributed by atoms with van der Waals surface area (Å²) in [6.45, 7) is 1.80. The first-order chi connectivity index (χ1) is 11.6. The largest absolute Gasteiger partial charge is 0.349 e. The molecule has 0 radical (unpaired) electrons. The molecule has 0 saturated carbocycles. The van der Waals surface area contributed by atoms with Crippen LogP contribution < -0.4 is 5.32 Å². The Bertz CT molecular complexity index is 737. The fraction of sp³-hybridized carbons (Fsp3) is 0.438. The highest BCUT2D eigenvalue weighted by Gasteiger charge is 2.18. The molecule has 3 rings (SSSR count). The number of fused-ring (bicyclic) bond motifs is 1. The number of guanidine groups is 1. The maximum atomic E-state index is 13.9. The fourth-order valence-corrected chi connectivity index (χ4v) is 3.10. The Morgan fingerprint density at radius 2 is 2.29 bits per heavy atom. The molecule has 1 aliphatic heterocycles. The minimum absolute atomic E-state index is 0.319. The first-order valence-electron chi connectivity index (χ1n) is 7.85. The molecule has 2 aromatic rings. The highest BCUT2D eigenvalue weighted by Crippen LogP contribution is 2.20. The van der Waals surface area contributed by atoms with Crippen molar-refractivity contribution < 1.29 is 4.39 Å². The third-order valence-corrected chi connectivity index (χ3v) is 4.48. The summed E-state index contributed by atoms with van der Waals surface area (Å²) in [6, 6.07) is 4.69. The third-order valence-electron chi connectivity index (χ3n) is 4.12. The van der Waals surface area contributed by atoms with Gasteiger partial charge in [0.1, 0.15) is 11.6 Å². The van der Waals surface area contributed by atoms with Gasteiger partial charge in [0, 0.05) is 44.2 Å². The van der Waals surface area contributed by atoms with Crippen LogP contribution in [0.25, 0.3) is 0 Å². The fourth-order valence-electron chi connectivity index (χ4n) is 2.88. The van der Waals surface area contributed by atoms with Gasteiger partial charge >= 0.3 is 0 Å².